The van der Waals surface area contributed by atoms with E-state index in [0.717, 1.165) is 37.2 Å². The second-order valence-electron chi connectivity index (χ2n) is 7.74. The van der Waals surface area contributed by atoms with E-state index in [1.54, 1.807) is 0 Å². The van der Waals surface area contributed by atoms with Gasteiger partial charge in [-0.25, -0.2) is 4.79 Å². The number of rotatable bonds is 4. The van der Waals surface area contributed by atoms with E-state index in [2.05, 4.69) is 55.9 Å². The maximum absolute atomic E-state index is 13.0. The Balaban J connectivity index is 1.79. The zero-order valence-corrected chi connectivity index (χ0v) is 15.8. The third-order valence-corrected chi connectivity index (χ3v) is 5.84. The molecule has 2 aliphatic heterocycles. The number of amides is 2. The summed E-state index contributed by atoms with van der Waals surface area (Å²) in [4.78, 5) is 17.5. The van der Waals surface area contributed by atoms with Crippen LogP contribution in [0.5, 0.6) is 0 Å². The number of hydrogen-bond donors (Lipinski definition) is 1. The Kier molecular flexibility index (Phi) is 5.48. The number of likely N-dealkylation sites (N-methyl/N-ethyl adjacent to an activating group) is 1. The SMILES string of the molecule is C=CCc1cccc(C(C)C)c1NC(=O)N1CCC2CCC(C1)N2C. The molecule has 0 radical (unpaired) electrons. The molecular formula is C21H31N3O. The summed E-state index contributed by atoms with van der Waals surface area (Å²) in [6.07, 6.45) is 6.22. The van der Waals surface area contributed by atoms with Crippen LogP contribution in [0.1, 0.15) is 50.2 Å². The lowest BCUT2D eigenvalue weighted by Crippen LogP contribution is -2.42. The summed E-state index contributed by atoms with van der Waals surface area (Å²) < 4.78 is 0. The van der Waals surface area contributed by atoms with Crippen molar-refractivity contribution in [2.75, 3.05) is 25.5 Å². The highest BCUT2D eigenvalue weighted by atomic mass is 16.2. The van der Waals surface area contributed by atoms with Gasteiger partial charge in [-0.1, -0.05) is 38.1 Å². The topological polar surface area (TPSA) is 35.6 Å². The Hall–Kier alpha value is -1.81. The van der Waals surface area contributed by atoms with Crippen molar-refractivity contribution in [1.82, 2.24) is 9.80 Å². The molecule has 0 spiro atoms. The summed E-state index contributed by atoms with van der Waals surface area (Å²) in [5.41, 5.74) is 3.31. The van der Waals surface area contributed by atoms with Gasteiger partial charge >= 0.3 is 6.03 Å². The molecular weight excluding hydrogens is 310 g/mol. The molecule has 2 bridgehead atoms. The van der Waals surface area contributed by atoms with Gasteiger partial charge in [0.15, 0.2) is 0 Å². The molecule has 1 N–H and O–H groups in total. The van der Waals surface area contributed by atoms with Gasteiger partial charge in [0.1, 0.15) is 0 Å². The van der Waals surface area contributed by atoms with Crippen molar-refractivity contribution < 1.29 is 4.79 Å². The Morgan fingerprint density at radius 1 is 1.32 bits per heavy atom. The molecule has 3 rings (SSSR count). The van der Waals surface area contributed by atoms with Gasteiger partial charge in [-0.15, -0.1) is 6.58 Å². The van der Waals surface area contributed by atoms with Crippen molar-refractivity contribution >= 4 is 11.7 Å². The second-order valence-corrected chi connectivity index (χ2v) is 7.74. The fourth-order valence-electron chi connectivity index (χ4n) is 4.26. The molecule has 2 atom stereocenters. The van der Waals surface area contributed by atoms with Gasteiger partial charge in [-0.2, -0.15) is 0 Å². The summed E-state index contributed by atoms with van der Waals surface area (Å²) in [5.74, 6) is 0.367. The van der Waals surface area contributed by atoms with Crippen molar-refractivity contribution in [2.24, 2.45) is 0 Å². The van der Waals surface area contributed by atoms with E-state index in [9.17, 15) is 4.79 Å². The first-order valence-corrected chi connectivity index (χ1v) is 9.51. The van der Waals surface area contributed by atoms with Crippen LogP contribution in [-0.2, 0) is 6.42 Å². The minimum atomic E-state index is 0.0411. The van der Waals surface area contributed by atoms with Crippen LogP contribution >= 0.6 is 0 Å². The molecule has 0 aromatic heterocycles. The lowest BCUT2D eigenvalue weighted by Gasteiger charge is -2.27. The first kappa shape index (κ1) is 18.0. The van der Waals surface area contributed by atoms with Crippen LogP contribution in [0.15, 0.2) is 30.9 Å². The maximum Gasteiger partial charge on any atom is 0.321 e. The van der Waals surface area contributed by atoms with Crippen LogP contribution in [0.2, 0.25) is 0 Å². The number of benzene rings is 1. The standard InChI is InChI=1S/C21H31N3O/c1-5-7-16-8-6-9-19(15(2)3)20(16)22-21(25)24-13-12-17-10-11-18(14-24)23(17)4/h5-6,8-9,15,17-18H,1,7,10-14H2,2-4H3,(H,22,25). The van der Waals surface area contributed by atoms with Crippen molar-refractivity contribution in [1.29, 1.82) is 0 Å². The minimum absolute atomic E-state index is 0.0411. The van der Waals surface area contributed by atoms with Crippen LogP contribution in [0.25, 0.3) is 0 Å². The average Bonchev–Trinajstić information content (AvgIpc) is 2.81. The third-order valence-electron chi connectivity index (χ3n) is 5.84. The lowest BCUT2D eigenvalue weighted by atomic mass is 9.96. The van der Waals surface area contributed by atoms with Gasteiger partial charge in [0.2, 0.25) is 0 Å². The molecule has 2 aliphatic rings. The molecule has 2 fully saturated rings. The Labute approximate surface area is 151 Å². The number of carbonyl (C=O) groups excluding carboxylic acids is 1. The molecule has 4 heteroatoms. The van der Waals surface area contributed by atoms with Gasteiger partial charge in [0.25, 0.3) is 0 Å². The normalized spacial score (nSPS) is 23.6. The van der Waals surface area contributed by atoms with Gasteiger partial charge in [0.05, 0.1) is 0 Å². The Bertz CT molecular complexity index is 640. The smallest absolute Gasteiger partial charge is 0.321 e. The number of carbonyl (C=O) groups is 1. The van der Waals surface area contributed by atoms with E-state index >= 15 is 0 Å². The molecule has 0 saturated carbocycles. The predicted molar refractivity (Wildman–Crippen MR) is 104 cm³/mol. The quantitative estimate of drug-likeness (QED) is 0.832. The monoisotopic (exact) mass is 341 g/mol. The van der Waals surface area contributed by atoms with E-state index in [0.29, 0.717) is 18.0 Å². The number of likely N-dealkylation sites (tertiary alicyclic amines) is 1. The van der Waals surface area contributed by atoms with Gasteiger partial charge in [-0.05, 0) is 49.8 Å². The van der Waals surface area contributed by atoms with Crippen molar-refractivity contribution in [3.05, 3.63) is 42.0 Å². The number of fused-ring (bicyclic) bond motifs is 2. The van der Waals surface area contributed by atoms with E-state index in [-0.39, 0.29) is 6.03 Å². The number of para-hydroxylation sites is 1. The molecule has 25 heavy (non-hydrogen) atoms. The lowest BCUT2D eigenvalue weighted by molar-refractivity contribution is 0.200. The molecule has 4 nitrogen and oxygen atoms in total. The fraction of sp³-hybridized carbons (Fsp3) is 0.571. The predicted octanol–water partition coefficient (Wildman–Crippen LogP) is 4.24. The Morgan fingerprint density at radius 2 is 2.08 bits per heavy atom. The van der Waals surface area contributed by atoms with Gasteiger partial charge < -0.3 is 10.2 Å². The van der Waals surface area contributed by atoms with Crippen LogP contribution in [0.4, 0.5) is 10.5 Å². The van der Waals surface area contributed by atoms with Crippen molar-refractivity contribution in [3.63, 3.8) is 0 Å². The molecule has 1 aromatic rings. The van der Waals surface area contributed by atoms with E-state index in [4.69, 9.17) is 0 Å². The van der Waals surface area contributed by atoms with E-state index < -0.39 is 0 Å². The van der Waals surface area contributed by atoms with Crippen LogP contribution in [-0.4, -0.2) is 48.1 Å². The van der Waals surface area contributed by atoms with Gasteiger partial charge in [-0.3, -0.25) is 4.90 Å². The largest absolute Gasteiger partial charge is 0.323 e. The number of hydrogen-bond acceptors (Lipinski definition) is 2. The number of nitrogens with one attached hydrogen (secondary N) is 1. The van der Waals surface area contributed by atoms with E-state index in [1.165, 1.54) is 18.4 Å². The molecule has 2 heterocycles. The summed E-state index contributed by atoms with van der Waals surface area (Å²) >= 11 is 0. The molecule has 0 aliphatic carbocycles. The van der Waals surface area contributed by atoms with Crippen LogP contribution < -0.4 is 5.32 Å². The molecule has 1 aromatic carbocycles. The third kappa shape index (κ3) is 3.74. The van der Waals surface area contributed by atoms with Crippen LogP contribution in [0.3, 0.4) is 0 Å². The fourth-order valence-corrected chi connectivity index (χ4v) is 4.26. The van der Waals surface area contributed by atoms with E-state index in [1.807, 2.05) is 11.0 Å². The first-order valence-electron chi connectivity index (χ1n) is 9.51. The summed E-state index contributed by atoms with van der Waals surface area (Å²) in [6, 6.07) is 7.46. The van der Waals surface area contributed by atoms with Gasteiger partial charge in [0, 0.05) is 30.9 Å². The second kappa shape index (κ2) is 7.61. The number of anilines is 1. The minimum Gasteiger partial charge on any atom is -0.323 e. The zero-order chi connectivity index (χ0) is 18.0. The summed E-state index contributed by atoms with van der Waals surface area (Å²) in [7, 11) is 2.21. The zero-order valence-electron chi connectivity index (χ0n) is 15.8. The highest BCUT2D eigenvalue weighted by Crippen LogP contribution is 2.31. The van der Waals surface area contributed by atoms with Crippen molar-refractivity contribution in [3.8, 4) is 0 Å². The highest BCUT2D eigenvalue weighted by Gasteiger charge is 2.36. The molecule has 2 saturated heterocycles. The Morgan fingerprint density at radius 3 is 2.80 bits per heavy atom. The molecule has 2 amide bonds. The maximum atomic E-state index is 13.0. The summed E-state index contributed by atoms with van der Waals surface area (Å²) in [5, 5.41) is 3.24. The number of urea groups is 1. The molecule has 136 valence electrons. The average molecular weight is 341 g/mol. The number of nitrogens with zero attached hydrogens (tertiary/aromatic N) is 2. The number of allylic oxidation sites excluding steroid dienone is 1. The molecule has 2 unspecified atom stereocenters. The first-order chi connectivity index (χ1) is 12.0. The van der Waals surface area contributed by atoms with Crippen LogP contribution in [0, 0.1) is 0 Å². The van der Waals surface area contributed by atoms with Crippen molar-refractivity contribution in [2.45, 2.75) is 57.5 Å². The highest BCUT2D eigenvalue weighted by molar-refractivity contribution is 5.91. The summed E-state index contributed by atoms with van der Waals surface area (Å²) in [6.45, 7) is 9.87.